The fraction of sp³-hybridized carbons (Fsp3) is 0.438. The van der Waals surface area contributed by atoms with Gasteiger partial charge in [-0.1, -0.05) is 18.2 Å². The van der Waals surface area contributed by atoms with E-state index in [0.717, 1.165) is 41.5 Å². The Labute approximate surface area is 130 Å². The predicted octanol–water partition coefficient (Wildman–Crippen LogP) is 2.80. The third kappa shape index (κ3) is 3.39. The molecule has 2 N–H and O–H groups in total. The van der Waals surface area contributed by atoms with Crippen LogP contribution in [0.1, 0.15) is 30.5 Å². The number of benzene rings is 1. The summed E-state index contributed by atoms with van der Waals surface area (Å²) in [6, 6.07) is 8.02. The van der Waals surface area contributed by atoms with Crippen LogP contribution in [0.2, 0.25) is 0 Å². The Morgan fingerprint density at radius 3 is 2.77 bits per heavy atom. The Hall–Kier alpha value is -1.66. The molecule has 1 aliphatic carbocycles. The summed E-state index contributed by atoms with van der Waals surface area (Å²) < 4.78 is 30.4. The minimum atomic E-state index is -3.89. The molecule has 22 heavy (non-hydrogen) atoms. The molecule has 0 bridgehead atoms. The zero-order chi connectivity index (χ0) is 15.6. The van der Waals surface area contributed by atoms with Crippen molar-refractivity contribution in [2.45, 2.75) is 32.1 Å². The first-order valence-corrected chi connectivity index (χ1v) is 9.25. The van der Waals surface area contributed by atoms with Crippen molar-refractivity contribution in [3.8, 4) is 0 Å². The maximum absolute atomic E-state index is 10.8. The molecular weight excluding hydrogens is 300 g/mol. The molecule has 6 heteroatoms. The molecule has 1 aromatic heterocycles. The molecular formula is C16H20N2O3S. The molecule has 0 radical (unpaired) electrons. The van der Waals surface area contributed by atoms with Crippen LogP contribution >= 0.6 is 0 Å². The van der Waals surface area contributed by atoms with Crippen LogP contribution in [-0.2, 0) is 23.0 Å². The molecule has 3 rings (SSSR count). The lowest BCUT2D eigenvalue weighted by molar-refractivity contribution is 0.481. The lowest BCUT2D eigenvalue weighted by atomic mass is 9.92. The maximum Gasteiger partial charge on any atom is 0.264 e. The van der Waals surface area contributed by atoms with E-state index in [9.17, 15) is 8.42 Å². The van der Waals surface area contributed by atoms with E-state index < -0.39 is 10.1 Å². The van der Waals surface area contributed by atoms with Gasteiger partial charge in [0.05, 0.1) is 11.3 Å². The third-order valence-electron chi connectivity index (χ3n) is 4.05. The number of anilines is 1. The SMILES string of the molecule is O=S(=O)(O)CCCNc1c2c(nc3ccccc13)CCCC2. The van der Waals surface area contributed by atoms with E-state index in [2.05, 4.69) is 5.32 Å². The number of hydrogen-bond acceptors (Lipinski definition) is 4. The molecule has 0 saturated heterocycles. The molecule has 1 aromatic carbocycles. The van der Waals surface area contributed by atoms with Gasteiger partial charge in [-0.05, 0) is 43.7 Å². The minimum absolute atomic E-state index is 0.217. The summed E-state index contributed by atoms with van der Waals surface area (Å²) in [7, 11) is -3.89. The predicted molar refractivity (Wildman–Crippen MR) is 87.9 cm³/mol. The van der Waals surface area contributed by atoms with E-state index in [1.54, 1.807) is 0 Å². The first-order chi connectivity index (χ1) is 10.5. The molecule has 0 unspecified atom stereocenters. The molecule has 2 aromatic rings. The summed E-state index contributed by atoms with van der Waals surface area (Å²) >= 11 is 0. The van der Waals surface area contributed by atoms with Gasteiger partial charge in [0.2, 0.25) is 0 Å². The van der Waals surface area contributed by atoms with Crippen LogP contribution in [0.25, 0.3) is 10.9 Å². The topological polar surface area (TPSA) is 79.3 Å². The van der Waals surface area contributed by atoms with Crippen LogP contribution in [0.3, 0.4) is 0 Å². The zero-order valence-corrected chi connectivity index (χ0v) is 13.2. The van der Waals surface area contributed by atoms with Crippen LogP contribution in [0, 0.1) is 0 Å². The highest BCUT2D eigenvalue weighted by Crippen LogP contribution is 2.33. The normalized spacial score (nSPS) is 14.8. The highest BCUT2D eigenvalue weighted by molar-refractivity contribution is 7.85. The maximum atomic E-state index is 10.8. The van der Waals surface area contributed by atoms with Crippen molar-refractivity contribution in [2.24, 2.45) is 0 Å². The number of aromatic nitrogens is 1. The van der Waals surface area contributed by atoms with Crippen molar-refractivity contribution in [1.29, 1.82) is 0 Å². The van der Waals surface area contributed by atoms with Crippen molar-refractivity contribution < 1.29 is 13.0 Å². The number of hydrogen-bond donors (Lipinski definition) is 2. The van der Waals surface area contributed by atoms with Gasteiger partial charge in [-0.3, -0.25) is 9.54 Å². The Kier molecular flexibility index (Phi) is 4.31. The van der Waals surface area contributed by atoms with Gasteiger partial charge in [0.25, 0.3) is 10.1 Å². The number of nitrogens with zero attached hydrogens (tertiary/aromatic N) is 1. The molecule has 1 aliphatic rings. The minimum Gasteiger partial charge on any atom is -0.384 e. The number of pyridine rings is 1. The summed E-state index contributed by atoms with van der Waals surface area (Å²) in [5.41, 5.74) is 4.47. The van der Waals surface area contributed by atoms with Gasteiger partial charge in [-0.25, -0.2) is 0 Å². The standard InChI is InChI=1S/C16H20N2O3S/c19-22(20,21)11-5-10-17-16-12-6-1-3-8-14(12)18-15-9-4-2-7-13(15)16/h1,3,6,8H,2,4-5,7,9-11H2,(H,17,18)(H,19,20,21). The molecule has 0 amide bonds. The largest absolute Gasteiger partial charge is 0.384 e. The lowest BCUT2D eigenvalue weighted by Crippen LogP contribution is -2.14. The van der Waals surface area contributed by atoms with E-state index >= 15 is 0 Å². The second-order valence-corrected chi connectivity index (χ2v) is 7.27. The first-order valence-electron chi connectivity index (χ1n) is 7.64. The molecule has 1 heterocycles. The number of nitrogens with one attached hydrogen (secondary N) is 1. The molecule has 0 saturated carbocycles. The summed E-state index contributed by atoms with van der Waals surface area (Å²) in [6.07, 6.45) is 4.71. The summed E-state index contributed by atoms with van der Waals surface area (Å²) in [5, 5.41) is 4.45. The smallest absolute Gasteiger partial charge is 0.264 e. The molecule has 0 aliphatic heterocycles. The van der Waals surface area contributed by atoms with Crippen LogP contribution in [0.5, 0.6) is 0 Å². The van der Waals surface area contributed by atoms with Gasteiger partial charge >= 0.3 is 0 Å². The van der Waals surface area contributed by atoms with Crippen LogP contribution < -0.4 is 5.32 Å². The third-order valence-corrected chi connectivity index (χ3v) is 4.85. The van der Waals surface area contributed by atoms with Gasteiger partial charge < -0.3 is 5.32 Å². The molecule has 0 spiro atoms. The van der Waals surface area contributed by atoms with E-state index in [4.69, 9.17) is 9.54 Å². The molecule has 118 valence electrons. The Bertz CT molecular complexity index is 787. The molecule has 0 atom stereocenters. The van der Waals surface area contributed by atoms with E-state index in [1.807, 2.05) is 24.3 Å². The van der Waals surface area contributed by atoms with Crippen molar-refractivity contribution in [1.82, 2.24) is 4.98 Å². The number of rotatable bonds is 5. The zero-order valence-electron chi connectivity index (χ0n) is 12.4. The van der Waals surface area contributed by atoms with Gasteiger partial charge in [0.1, 0.15) is 0 Å². The second kappa shape index (κ2) is 6.22. The summed E-state index contributed by atoms with van der Waals surface area (Å²) in [5.74, 6) is -0.217. The number of aryl methyl sites for hydroxylation is 1. The molecule has 0 fully saturated rings. The van der Waals surface area contributed by atoms with Crippen molar-refractivity contribution in [2.75, 3.05) is 17.6 Å². The van der Waals surface area contributed by atoms with Gasteiger partial charge in [0, 0.05) is 23.3 Å². The summed E-state index contributed by atoms with van der Waals surface area (Å²) in [4.78, 5) is 4.77. The van der Waals surface area contributed by atoms with Gasteiger partial charge in [0.15, 0.2) is 0 Å². The average molecular weight is 320 g/mol. The number of para-hydroxylation sites is 1. The van der Waals surface area contributed by atoms with Gasteiger partial charge in [-0.15, -0.1) is 0 Å². The highest BCUT2D eigenvalue weighted by Gasteiger charge is 2.17. The van der Waals surface area contributed by atoms with Crippen molar-refractivity contribution >= 4 is 26.7 Å². The van der Waals surface area contributed by atoms with E-state index in [1.165, 1.54) is 12.0 Å². The Morgan fingerprint density at radius 2 is 1.95 bits per heavy atom. The van der Waals surface area contributed by atoms with E-state index in [0.29, 0.717) is 13.0 Å². The van der Waals surface area contributed by atoms with E-state index in [-0.39, 0.29) is 5.75 Å². The average Bonchev–Trinajstić information content (AvgIpc) is 2.49. The quantitative estimate of drug-likeness (QED) is 0.654. The number of fused-ring (bicyclic) bond motifs is 2. The lowest BCUT2D eigenvalue weighted by Gasteiger charge is -2.21. The Morgan fingerprint density at radius 1 is 1.18 bits per heavy atom. The van der Waals surface area contributed by atoms with Crippen LogP contribution in [-0.4, -0.2) is 30.3 Å². The van der Waals surface area contributed by atoms with Gasteiger partial charge in [-0.2, -0.15) is 8.42 Å². The fourth-order valence-corrected chi connectivity index (χ4v) is 3.55. The van der Waals surface area contributed by atoms with Crippen molar-refractivity contribution in [3.63, 3.8) is 0 Å². The van der Waals surface area contributed by atoms with Crippen molar-refractivity contribution in [3.05, 3.63) is 35.5 Å². The fourth-order valence-electron chi connectivity index (χ4n) is 3.04. The summed E-state index contributed by atoms with van der Waals surface area (Å²) in [6.45, 7) is 0.514. The molecule has 5 nitrogen and oxygen atoms in total. The van der Waals surface area contributed by atoms with Crippen LogP contribution in [0.4, 0.5) is 5.69 Å². The monoisotopic (exact) mass is 320 g/mol. The second-order valence-electron chi connectivity index (χ2n) is 5.70. The first kappa shape index (κ1) is 15.2. The Balaban J connectivity index is 1.89. The highest BCUT2D eigenvalue weighted by atomic mass is 32.2. The van der Waals surface area contributed by atoms with Crippen LogP contribution in [0.15, 0.2) is 24.3 Å².